The zero-order chi connectivity index (χ0) is 27.4. The topological polar surface area (TPSA) is 81.1 Å². The Morgan fingerprint density at radius 1 is 1.00 bits per heavy atom. The van der Waals surface area contributed by atoms with Gasteiger partial charge in [0, 0.05) is 23.4 Å². The Bertz CT molecular complexity index is 1330. The molecule has 39 heavy (non-hydrogen) atoms. The number of ketones is 1. The molecular weight excluding hydrogens is 482 g/mol. The van der Waals surface area contributed by atoms with Crippen molar-refractivity contribution in [2.75, 3.05) is 13.2 Å². The molecule has 7 atom stereocenters. The smallest absolute Gasteiger partial charge is 0.193 e. The minimum absolute atomic E-state index is 0.00122. The first-order chi connectivity index (χ1) is 18.8. The number of carbonyl (C=O) groups excluding carboxylic acids is 1. The average Bonchev–Trinajstić information content (AvgIpc) is 3.51. The normalized spacial score (nSPS) is 33.9. The van der Waals surface area contributed by atoms with E-state index in [0.29, 0.717) is 34.3 Å². The molecule has 3 aromatic rings. The zero-order valence-electron chi connectivity index (χ0n) is 23.6. The van der Waals surface area contributed by atoms with E-state index in [1.54, 1.807) is 0 Å². The summed E-state index contributed by atoms with van der Waals surface area (Å²) in [6.07, 6.45) is 8.85. The lowest BCUT2D eigenvalue weighted by Gasteiger charge is -2.56. The summed E-state index contributed by atoms with van der Waals surface area (Å²) in [5, 5.41) is 15.5. The first-order valence-corrected chi connectivity index (χ1v) is 14.9. The quantitative estimate of drug-likeness (QED) is 0.395. The van der Waals surface area contributed by atoms with E-state index in [2.05, 4.69) is 20.8 Å². The Kier molecular flexibility index (Phi) is 6.79. The number of aromatic nitrogens is 2. The molecule has 3 N–H and O–H groups in total. The third-order valence-corrected chi connectivity index (χ3v) is 11.6. The van der Waals surface area contributed by atoms with Crippen LogP contribution in [0.2, 0.25) is 0 Å². The van der Waals surface area contributed by atoms with Crippen LogP contribution in [0.4, 0.5) is 0 Å². The largest absolute Gasteiger partial charge is 0.396 e. The molecule has 0 spiro atoms. The molecular formula is C34H43N3O2. The Labute approximate surface area is 232 Å². The number of hydrogen-bond acceptors (Lipinski definition) is 4. The lowest BCUT2D eigenvalue weighted by Crippen LogP contribution is -2.53. The van der Waals surface area contributed by atoms with Gasteiger partial charge in [-0.15, -0.1) is 0 Å². The number of nitrogens with zero attached hydrogens (tertiary/aromatic N) is 2. The van der Waals surface area contributed by atoms with Crippen LogP contribution in [0.5, 0.6) is 0 Å². The molecule has 5 heteroatoms. The number of carbonyl (C=O) groups is 1. The average molecular weight is 526 g/mol. The van der Waals surface area contributed by atoms with Gasteiger partial charge in [0.05, 0.1) is 11.9 Å². The Morgan fingerprint density at radius 3 is 2.38 bits per heavy atom. The zero-order valence-corrected chi connectivity index (χ0v) is 23.6. The van der Waals surface area contributed by atoms with Gasteiger partial charge in [0.15, 0.2) is 5.78 Å². The number of hydrogen-bond donors (Lipinski definition) is 2. The van der Waals surface area contributed by atoms with Crippen molar-refractivity contribution in [2.45, 2.75) is 59.3 Å². The molecule has 2 fully saturated rings. The molecule has 0 bridgehead atoms. The summed E-state index contributed by atoms with van der Waals surface area (Å²) in [5.41, 5.74) is 11.7. The highest BCUT2D eigenvalue weighted by Gasteiger charge is 2.57. The van der Waals surface area contributed by atoms with Gasteiger partial charge in [-0.2, -0.15) is 5.10 Å². The number of rotatable bonds is 6. The van der Waals surface area contributed by atoms with E-state index in [9.17, 15) is 9.90 Å². The Morgan fingerprint density at radius 2 is 1.69 bits per heavy atom. The molecule has 0 aliphatic heterocycles. The fraction of sp³-hybridized carbons (Fsp3) is 0.529. The maximum atomic E-state index is 12.9. The van der Waals surface area contributed by atoms with E-state index in [1.165, 1.54) is 36.9 Å². The molecule has 1 aromatic heterocycles. The van der Waals surface area contributed by atoms with Gasteiger partial charge in [0.2, 0.25) is 0 Å². The van der Waals surface area contributed by atoms with Crippen molar-refractivity contribution in [3.8, 4) is 5.69 Å². The molecule has 1 heterocycles. The maximum absolute atomic E-state index is 12.9. The van der Waals surface area contributed by atoms with Crippen LogP contribution >= 0.6 is 0 Å². The second-order valence-corrected chi connectivity index (χ2v) is 13.2. The fourth-order valence-electron chi connectivity index (χ4n) is 8.93. The third-order valence-electron chi connectivity index (χ3n) is 11.6. The first-order valence-electron chi connectivity index (χ1n) is 14.9. The van der Waals surface area contributed by atoms with Gasteiger partial charge >= 0.3 is 0 Å². The summed E-state index contributed by atoms with van der Waals surface area (Å²) in [4.78, 5) is 12.9. The minimum atomic E-state index is -0.00122. The molecule has 3 aliphatic carbocycles. The molecule has 5 nitrogen and oxygen atoms in total. The summed E-state index contributed by atoms with van der Waals surface area (Å²) in [5.74, 6) is 2.68. The molecule has 2 saturated carbocycles. The maximum Gasteiger partial charge on any atom is 0.193 e. The summed E-state index contributed by atoms with van der Waals surface area (Å²) in [6, 6.07) is 17.1. The van der Waals surface area contributed by atoms with Crippen molar-refractivity contribution in [1.82, 2.24) is 9.78 Å². The molecule has 0 saturated heterocycles. The lowest BCUT2D eigenvalue weighted by molar-refractivity contribution is -0.0691. The Hall–Kier alpha value is -2.76. The first kappa shape index (κ1) is 26.5. The molecule has 6 rings (SSSR count). The van der Waals surface area contributed by atoms with Gasteiger partial charge < -0.3 is 10.8 Å². The predicted molar refractivity (Wildman–Crippen MR) is 155 cm³/mol. The third kappa shape index (κ3) is 4.20. The van der Waals surface area contributed by atoms with E-state index in [4.69, 9.17) is 10.8 Å². The highest BCUT2D eigenvalue weighted by molar-refractivity contribution is 6.09. The molecule has 0 amide bonds. The van der Waals surface area contributed by atoms with Crippen molar-refractivity contribution in [1.29, 1.82) is 0 Å². The predicted octanol–water partition coefficient (Wildman–Crippen LogP) is 5.85. The van der Waals surface area contributed by atoms with Gasteiger partial charge in [-0.3, -0.25) is 4.79 Å². The lowest BCUT2D eigenvalue weighted by atomic mass is 9.49. The fourth-order valence-corrected chi connectivity index (χ4v) is 8.93. The molecule has 2 aromatic carbocycles. The molecule has 206 valence electrons. The van der Waals surface area contributed by atoms with Crippen LogP contribution in [0.3, 0.4) is 0 Å². The van der Waals surface area contributed by atoms with Crippen LogP contribution in [0.25, 0.3) is 5.69 Å². The number of benzene rings is 2. The van der Waals surface area contributed by atoms with Crippen LogP contribution in [-0.4, -0.2) is 33.8 Å². The molecule has 0 radical (unpaired) electrons. The van der Waals surface area contributed by atoms with Crippen LogP contribution < -0.4 is 5.73 Å². The second kappa shape index (κ2) is 10.0. The highest BCUT2D eigenvalue weighted by atomic mass is 16.3. The van der Waals surface area contributed by atoms with Gasteiger partial charge in [-0.1, -0.05) is 51.1 Å². The van der Waals surface area contributed by atoms with Crippen LogP contribution in [0.15, 0.2) is 60.8 Å². The number of aliphatic hydroxyl groups is 1. The Balaban J connectivity index is 1.27. The standard InChI is InChI=1S/C34H43N3O2/c1-22-9-14-29-28(19-35)30(15-16-33(22,29)2)34(3)18-25-20-36-37(31(25)17-26(34)21-38)27-12-10-24(11-13-27)32(39)23-7-5-4-6-8-23/h4-8,10-13,20,22,26,28-30,38H,9,14-19,21,35H2,1-3H3/t22-,26+,28-,29-,30-,33+,34-/m0/s1. The molecule has 0 unspecified atom stereocenters. The molecule has 3 aliphatic rings. The van der Waals surface area contributed by atoms with E-state index >= 15 is 0 Å². The van der Waals surface area contributed by atoms with Crippen molar-refractivity contribution < 1.29 is 9.90 Å². The monoisotopic (exact) mass is 525 g/mol. The van der Waals surface area contributed by atoms with Crippen LogP contribution in [-0.2, 0) is 12.8 Å². The van der Waals surface area contributed by atoms with Gasteiger partial charge in [-0.25, -0.2) is 4.68 Å². The number of nitrogens with two attached hydrogens (primary N) is 1. The van der Waals surface area contributed by atoms with E-state index < -0.39 is 0 Å². The number of fused-ring (bicyclic) bond motifs is 2. The summed E-state index contributed by atoms with van der Waals surface area (Å²) in [7, 11) is 0. The van der Waals surface area contributed by atoms with E-state index in [-0.39, 0.29) is 23.7 Å². The van der Waals surface area contributed by atoms with Crippen molar-refractivity contribution >= 4 is 5.78 Å². The SMILES string of the molecule is C[C@H]1CC[C@H]2[C@H](CN)[C@@H]([C@@]3(C)Cc4cnn(-c5ccc(C(=O)c6ccccc6)cc5)c4C[C@@H]3CO)CC[C@]12C. The van der Waals surface area contributed by atoms with Crippen molar-refractivity contribution in [2.24, 2.45) is 46.2 Å². The van der Waals surface area contributed by atoms with E-state index in [0.717, 1.165) is 31.0 Å². The second-order valence-electron chi connectivity index (χ2n) is 13.2. The summed E-state index contributed by atoms with van der Waals surface area (Å²) in [6.45, 7) is 8.30. The summed E-state index contributed by atoms with van der Waals surface area (Å²) < 4.78 is 2.02. The van der Waals surface area contributed by atoms with Crippen LogP contribution in [0, 0.1) is 40.4 Å². The van der Waals surface area contributed by atoms with Gasteiger partial charge in [0.25, 0.3) is 0 Å². The van der Waals surface area contributed by atoms with Crippen LogP contribution in [0.1, 0.15) is 73.6 Å². The van der Waals surface area contributed by atoms with Gasteiger partial charge in [-0.05, 0) is 115 Å². The van der Waals surface area contributed by atoms with E-state index in [1.807, 2.05) is 65.5 Å². The highest BCUT2D eigenvalue weighted by Crippen LogP contribution is 2.63. The van der Waals surface area contributed by atoms with Crippen molar-refractivity contribution in [3.05, 3.63) is 83.2 Å². The summed E-state index contributed by atoms with van der Waals surface area (Å²) >= 11 is 0. The van der Waals surface area contributed by atoms with Crippen molar-refractivity contribution in [3.63, 3.8) is 0 Å². The van der Waals surface area contributed by atoms with Gasteiger partial charge in [0.1, 0.15) is 0 Å². The minimum Gasteiger partial charge on any atom is -0.396 e. The number of aliphatic hydroxyl groups excluding tert-OH is 1.